The number of rotatable bonds is 5. The number of aryl methyl sites for hydroxylation is 1. The minimum absolute atomic E-state index is 0.0458. The summed E-state index contributed by atoms with van der Waals surface area (Å²) in [5.41, 5.74) is 0.725. The summed E-state index contributed by atoms with van der Waals surface area (Å²) in [5, 5.41) is 3.04. The van der Waals surface area contributed by atoms with E-state index in [2.05, 4.69) is 5.32 Å². The number of amides is 1. The molecule has 10 heteroatoms. The zero-order chi connectivity index (χ0) is 25.2. The first-order chi connectivity index (χ1) is 16.6. The molecule has 0 radical (unpaired) electrons. The molecule has 0 atom stereocenters. The van der Waals surface area contributed by atoms with E-state index in [-0.39, 0.29) is 43.0 Å². The van der Waals surface area contributed by atoms with Crippen LogP contribution < -0.4 is 10.2 Å². The van der Waals surface area contributed by atoms with Gasteiger partial charge in [-0.2, -0.15) is 17.5 Å². The van der Waals surface area contributed by atoms with E-state index in [0.717, 1.165) is 37.8 Å². The topological polar surface area (TPSA) is 69.7 Å². The van der Waals surface area contributed by atoms with E-state index >= 15 is 0 Å². The van der Waals surface area contributed by atoms with E-state index in [1.165, 1.54) is 28.9 Å². The molecule has 2 aromatic carbocycles. The normalized spacial score (nSPS) is 18.5. The van der Waals surface area contributed by atoms with E-state index < -0.39 is 21.8 Å². The number of hydrogen-bond donors (Lipinski definition) is 1. The molecule has 1 N–H and O–H groups in total. The fourth-order valence-electron chi connectivity index (χ4n) is 4.73. The summed E-state index contributed by atoms with van der Waals surface area (Å²) < 4.78 is 67.1. The first-order valence-electron chi connectivity index (χ1n) is 11.9. The zero-order valence-corrected chi connectivity index (χ0v) is 20.5. The lowest BCUT2D eigenvalue weighted by Gasteiger charge is -2.35. The van der Waals surface area contributed by atoms with Crippen LogP contribution in [0.15, 0.2) is 47.4 Å². The highest BCUT2D eigenvalue weighted by molar-refractivity contribution is 7.89. The van der Waals surface area contributed by atoms with Crippen LogP contribution in [0.4, 0.5) is 18.9 Å². The number of carbonyl (C=O) groups is 1. The van der Waals surface area contributed by atoms with E-state index in [4.69, 9.17) is 0 Å². The molecule has 0 spiro atoms. The zero-order valence-electron chi connectivity index (χ0n) is 19.6. The highest BCUT2D eigenvalue weighted by Gasteiger charge is 2.33. The van der Waals surface area contributed by atoms with Crippen molar-refractivity contribution >= 4 is 21.6 Å². The van der Waals surface area contributed by atoms with Gasteiger partial charge in [-0.05, 0) is 55.7 Å². The van der Waals surface area contributed by atoms with Crippen LogP contribution in [0, 0.1) is 6.92 Å². The highest BCUT2D eigenvalue weighted by atomic mass is 32.2. The molecule has 1 heterocycles. The summed E-state index contributed by atoms with van der Waals surface area (Å²) in [4.78, 5) is 14.7. The lowest BCUT2D eigenvalue weighted by molar-refractivity contribution is -0.137. The maximum Gasteiger partial charge on any atom is 0.416 e. The van der Waals surface area contributed by atoms with Crippen molar-refractivity contribution in [2.45, 2.75) is 56.1 Å². The minimum atomic E-state index is -4.44. The average Bonchev–Trinajstić information content (AvgIpc) is 2.84. The van der Waals surface area contributed by atoms with Gasteiger partial charge >= 0.3 is 6.18 Å². The van der Waals surface area contributed by atoms with Gasteiger partial charge in [0.15, 0.2) is 0 Å². The Labute approximate surface area is 204 Å². The number of anilines is 1. The van der Waals surface area contributed by atoms with Gasteiger partial charge in [0.1, 0.15) is 0 Å². The van der Waals surface area contributed by atoms with Gasteiger partial charge in [0.25, 0.3) is 5.91 Å². The number of halogens is 3. The van der Waals surface area contributed by atoms with Crippen molar-refractivity contribution in [3.05, 3.63) is 59.2 Å². The van der Waals surface area contributed by atoms with Gasteiger partial charge in [-0.1, -0.05) is 31.4 Å². The number of carbonyl (C=O) groups excluding carboxylic acids is 1. The molecule has 35 heavy (non-hydrogen) atoms. The standard InChI is InChI=1S/C25H30F3N3O3S/c1-18-10-11-22(17-23(18)24(32)29-20-7-3-2-4-8-20)35(33,34)31-14-12-30(13-15-31)21-9-5-6-19(16-21)25(26,27)28/h5-6,9-11,16-17,20H,2-4,7-8,12-15H2,1H3,(H,29,32). The molecule has 1 aliphatic carbocycles. The van der Waals surface area contributed by atoms with Crippen LogP contribution in [0.25, 0.3) is 0 Å². The largest absolute Gasteiger partial charge is 0.416 e. The predicted octanol–water partition coefficient (Wildman–Crippen LogP) is 4.59. The molecular weight excluding hydrogens is 479 g/mol. The summed E-state index contributed by atoms with van der Waals surface area (Å²) in [6, 6.07) is 9.74. The van der Waals surface area contributed by atoms with Gasteiger partial charge in [-0.25, -0.2) is 8.42 Å². The van der Waals surface area contributed by atoms with E-state index in [1.54, 1.807) is 24.0 Å². The second-order valence-electron chi connectivity index (χ2n) is 9.22. The molecule has 6 nitrogen and oxygen atoms in total. The number of benzene rings is 2. The maximum absolute atomic E-state index is 13.3. The average molecular weight is 510 g/mol. The van der Waals surface area contributed by atoms with Crippen molar-refractivity contribution in [2.24, 2.45) is 0 Å². The van der Waals surface area contributed by atoms with Crippen molar-refractivity contribution < 1.29 is 26.4 Å². The number of piperazine rings is 1. The summed E-state index contributed by atoms with van der Waals surface area (Å²) in [7, 11) is -3.86. The lowest BCUT2D eigenvalue weighted by Crippen LogP contribution is -2.48. The smallest absolute Gasteiger partial charge is 0.369 e. The Morgan fingerprint density at radius 2 is 1.66 bits per heavy atom. The molecule has 1 amide bonds. The van der Waals surface area contributed by atoms with Crippen molar-refractivity contribution in [1.82, 2.24) is 9.62 Å². The number of hydrogen-bond acceptors (Lipinski definition) is 4. The molecule has 1 saturated heterocycles. The Morgan fingerprint density at radius 3 is 2.31 bits per heavy atom. The Balaban J connectivity index is 1.46. The second-order valence-corrected chi connectivity index (χ2v) is 11.2. The van der Waals surface area contributed by atoms with Crippen LogP contribution in [0.2, 0.25) is 0 Å². The molecule has 1 aliphatic heterocycles. The second kappa shape index (κ2) is 10.2. The fraction of sp³-hybridized carbons (Fsp3) is 0.480. The van der Waals surface area contributed by atoms with Crippen molar-refractivity contribution in [2.75, 3.05) is 31.1 Å². The molecule has 4 rings (SSSR count). The maximum atomic E-state index is 13.3. The fourth-order valence-corrected chi connectivity index (χ4v) is 6.18. The Bertz CT molecular complexity index is 1170. The van der Waals surface area contributed by atoms with E-state index in [1.807, 2.05) is 0 Å². The molecule has 1 saturated carbocycles. The summed E-state index contributed by atoms with van der Waals surface area (Å²) in [6.45, 7) is 2.58. The monoisotopic (exact) mass is 509 g/mol. The van der Waals surface area contributed by atoms with Crippen LogP contribution in [0.3, 0.4) is 0 Å². The molecule has 2 aliphatic rings. The third kappa shape index (κ3) is 5.81. The van der Waals surface area contributed by atoms with Gasteiger partial charge in [0.2, 0.25) is 10.0 Å². The number of nitrogens with zero attached hydrogens (tertiary/aromatic N) is 2. The Hall–Kier alpha value is -2.59. The van der Waals surface area contributed by atoms with Crippen molar-refractivity contribution in [3.63, 3.8) is 0 Å². The van der Waals surface area contributed by atoms with Crippen LogP contribution in [0.1, 0.15) is 53.6 Å². The third-order valence-electron chi connectivity index (χ3n) is 6.81. The van der Waals surface area contributed by atoms with Gasteiger partial charge in [0, 0.05) is 43.5 Å². The number of nitrogens with one attached hydrogen (secondary N) is 1. The van der Waals surface area contributed by atoms with Crippen LogP contribution in [-0.2, 0) is 16.2 Å². The molecule has 0 bridgehead atoms. The van der Waals surface area contributed by atoms with Crippen molar-refractivity contribution in [1.29, 1.82) is 0 Å². The van der Waals surface area contributed by atoms with E-state index in [9.17, 15) is 26.4 Å². The van der Waals surface area contributed by atoms with Crippen LogP contribution in [-0.4, -0.2) is 50.9 Å². The van der Waals surface area contributed by atoms with E-state index in [0.29, 0.717) is 16.8 Å². The quantitative estimate of drug-likeness (QED) is 0.640. The van der Waals surface area contributed by atoms with Gasteiger partial charge in [-0.15, -0.1) is 0 Å². The molecule has 2 aromatic rings. The SMILES string of the molecule is Cc1ccc(S(=O)(=O)N2CCN(c3cccc(C(F)(F)F)c3)CC2)cc1C(=O)NC1CCCCC1. The predicted molar refractivity (Wildman–Crippen MR) is 128 cm³/mol. The third-order valence-corrected chi connectivity index (χ3v) is 8.70. The molecule has 0 unspecified atom stereocenters. The summed E-state index contributed by atoms with van der Waals surface area (Å²) in [6.07, 6.45) is 0.737. The first kappa shape index (κ1) is 25.5. The van der Waals surface area contributed by atoms with Gasteiger partial charge < -0.3 is 10.2 Å². The van der Waals surface area contributed by atoms with Crippen LogP contribution in [0.5, 0.6) is 0 Å². The summed E-state index contributed by atoms with van der Waals surface area (Å²) >= 11 is 0. The van der Waals surface area contributed by atoms with Crippen LogP contribution >= 0.6 is 0 Å². The summed E-state index contributed by atoms with van der Waals surface area (Å²) in [5.74, 6) is -0.263. The van der Waals surface area contributed by atoms with Crippen molar-refractivity contribution in [3.8, 4) is 0 Å². The number of alkyl halides is 3. The molecule has 190 valence electrons. The Morgan fingerprint density at radius 1 is 0.971 bits per heavy atom. The lowest BCUT2D eigenvalue weighted by atomic mass is 9.95. The van der Waals surface area contributed by atoms with Gasteiger partial charge in [-0.3, -0.25) is 4.79 Å². The first-order valence-corrected chi connectivity index (χ1v) is 13.3. The van der Waals surface area contributed by atoms with Gasteiger partial charge in [0.05, 0.1) is 10.5 Å². The molecule has 2 fully saturated rings. The molecule has 0 aromatic heterocycles. The Kier molecular flexibility index (Phi) is 7.42. The minimum Gasteiger partial charge on any atom is -0.369 e. The number of sulfonamides is 1. The molecular formula is C25H30F3N3O3S. The highest BCUT2D eigenvalue weighted by Crippen LogP contribution is 2.32.